The number of hydrogen-bond donors (Lipinski definition) is 1. The van der Waals surface area contributed by atoms with E-state index in [1.54, 1.807) is 12.5 Å². The topological polar surface area (TPSA) is 39.7 Å². The van der Waals surface area contributed by atoms with E-state index >= 15 is 0 Å². The molecule has 0 spiro atoms. The van der Waals surface area contributed by atoms with Crippen LogP contribution in [-0.4, -0.2) is 19.1 Å². The second-order valence-electron chi connectivity index (χ2n) is 7.14. The summed E-state index contributed by atoms with van der Waals surface area (Å²) in [6.45, 7) is 3.07. The summed E-state index contributed by atoms with van der Waals surface area (Å²) in [5.74, 6) is 0.838. The van der Waals surface area contributed by atoms with Gasteiger partial charge in [-0.1, -0.05) is 77.6 Å². The first-order valence-corrected chi connectivity index (χ1v) is 10.4. The largest absolute Gasteiger partial charge is 0.469 e. The lowest BCUT2D eigenvalue weighted by atomic mass is 10.1. The van der Waals surface area contributed by atoms with Gasteiger partial charge in [0.25, 0.3) is 0 Å². The van der Waals surface area contributed by atoms with Gasteiger partial charge < -0.3 is 19.5 Å². The first kappa shape index (κ1) is 20.2. The third-order valence-corrected chi connectivity index (χ3v) is 4.87. The van der Waals surface area contributed by atoms with E-state index in [0.29, 0.717) is 0 Å². The van der Waals surface area contributed by atoms with Gasteiger partial charge in [-0.3, -0.25) is 0 Å². The van der Waals surface area contributed by atoms with Crippen LogP contribution in [0.3, 0.4) is 0 Å². The second kappa shape index (κ2) is 13.1. The lowest BCUT2D eigenvalue weighted by Crippen LogP contribution is -2.25. The quantitative estimate of drug-likeness (QED) is 0.381. The molecule has 0 aromatic rings. The Balaban J connectivity index is 1.31. The molecule has 4 heteroatoms. The molecule has 2 rings (SSSR count). The van der Waals surface area contributed by atoms with Gasteiger partial charge in [0.15, 0.2) is 5.76 Å². The van der Waals surface area contributed by atoms with Crippen LogP contribution in [0.2, 0.25) is 0 Å². The number of nitrogens with one attached hydrogen (secondary N) is 1. The zero-order valence-electron chi connectivity index (χ0n) is 16.0. The molecule has 2 atom stereocenters. The highest BCUT2D eigenvalue weighted by Crippen LogP contribution is 2.23. The highest BCUT2D eigenvalue weighted by atomic mass is 16.7. The van der Waals surface area contributed by atoms with Gasteiger partial charge in [0.05, 0.1) is 6.61 Å². The molecule has 25 heavy (non-hydrogen) atoms. The Kier molecular flexibility index (Phi) is 10.6. The summed E-state index contributed by atoms with van der Waals surface area (Å²) < 4.78 is 16.9. The van der Waals surface area contributed by atoms with Crippen LogP contribution in [0.1, 0.15) is 90.4 Å². The fraction of sp³-hybridized carbons (Fsp3) is 0.810. The summed E-state index contributed by atoms with van der Waals surface area (Å²) in [6.07, 6.45) is 22.4. The molecule has 144 valence electrons. The maximum Gasteiger partial charge on any atom is 0.226 e. The predicted octanol–water partition coefficient (Wildman–Crippen LogP) is 5.75. The average molecular weight is 352 g/mol. The van der Waals surface area contributed by atoms with E-state index in [0.717, 1.165) is 25.2 Å². The molecular weight excluding hydrogens is 314 g/mol. The van der Waals surface area contributed by atoms with Crippen LogP contribution in [0, 0.1) is 0 Å². The van der Waals surface area contributed by atoms with E-state index < -0.39 is 0 Å². The molecular formula is C21H37NO3. The van der Waals surface area contributed by atoms with Gasteiger partial charge in [-0.15, -0.1) is 0 Å². The van der Waals surface area contributed by atoms with Crippen LogP contribution in [0.4, 0.5) is 0 Å². The molecule has 2 heterocycles. The van der Waals surface area contributed by atoms with E-state index in [2.05, 4.69) is 18.3 Å². The summed E-state index contributed by atoms with van der Waals surface area (Å²) in [6, 6.07) is 0. The summed E-state index contributed by atoms with van der Waals surface area (Å²) >= 11 is 0. The molecule has 4 nitrogen and oxygen atoms in total. The fourth-order valence-corrected chi connectivity index (χ4v) is 3.32. The predicted molar refractivity (Wildman–Crippen MR) is 102 cm³/mol. The Bertz CT molecular complexity index is 387. The van der Waals surface area contributed by atoms with E-state index in [1.165, 1.54) is 70.6 Å². The smallest absolute Gasteiger partial charge is 0.226 e. The second-order valence-corrected chi connectivity index (χ2v) is 7.14. The van der Waals surface area contributed by atoms with Crippen molar-refractivity contribution in [3.63, 3.8) is 0 Å². The van der Waals surface area contributed by atoms with Crippen molar-refractivity contribution < 1.29 is 14.2 Å². The van der Waals surface area contributed by atoms with E-state index in [-0.39, 0.29) is 12.5 Å². The molecule has 0 amide bonds. The molecule has 0 aromatic carbocycles. The minimum atomic E-state index is -0.166. The lowest BCUT2D eigenvalue weighted by molar-refractivity contribution is -0.112. The summed E-state index contributed by atoms with van der Waals surface area (Å²) in [7, 11) is 0. The highest BCUT2D eigenvalue weighted by molar-refractivity contribution is 5.08. The van der Waals surface area contributed by atoms with Crippen LogP contribution < -0.4 is 5.32 Å². The van der Waals surface area contributed by atoms with E-state index in [1.807, 2.05) is 0 Å². The Morgan fingerprint density at radius 3 is 2.20 bits per heavy atom. The van der Waals surface area contributed by atoms with Crippen molar-refractivity contribution >= 4 is 0 Å². The Hall–Kier alpha value is -1.16. The van der Waals surface area contributed by atoms with Gasteiger partial charge in [-0.05, 0) is 12.5 Å². The fourth-order valence-electron chi connectivity index (χ4n) is 3.32. The molecule has 0 fully saturated rings. The molecule has 0 aromatic heterocycles. The summed E-state index contributed by atoms with van der Waals surface area (Å²) in [5.41, 5.74) is 0. The number of hydrogen-bond acceptors (Lipinski definition) is 4. The highest BCUT2D eigenvalue weighted by Gasteiger charge is 2.26. The van der Waals surface area contributed by atoms with Crippen LogP contribution in [0.5, 0.6) is 0 Å². The Morgan fingerprint density at radius 1 is 0.960 bits per heavy atom. The molecule has 0 bridgehead atoms. The minimum absolute atomic E-state index is 0.131. The third kappa shape index (κ3) is 8.66. The third-order valence-electron chi connectivity index (χ3n) is 4.87. The van der Waals surface area contributed by atoms with Crippen molar-refractivity contribution in [1.29, 1.82) is 0 Å². The standard InChI is InChI=1S/C21H37NO3/c1-2-3-4-5-6-7-8-9-10-11-12-13-17-23-20-15-14-19(25-20)21-22-16-18-24-21/h14,16,18,20-22H,2-13,15,17H2,1H3. The first-order valence-electron chi connectivity index (χ1n) is 10.4. The van der Waals surface area contributed by atoms with Crippen LogP contribution in [-0.2, 0) is 14.2 Å². The molecule has 2 aliphatic rings. The van der Waals surface area contributed by atoms with Crippen molar-refractivity contribution in [2.75, 3.05) is 6.61 Å². The maximum atomic E-state index is 5.81. The zero-order chi connectivity index (χ0) is 17.6. The first-order chi connectivity index (χ1) is 12.4. The SMILES string of the molecule is CCCCCCCCCCCCCCOC1CC=C(C2NC=CO2)O1. The number of rotatable bonds is 15. The molecule has 0 radical (unpaired) electrons. The normalized spacial score (nSPS) is 21.7. The average Bonchev–Trinajstić information content (AvgIpc) is 3.30. The van der Waals surface area contributed by atoms with Gasteiger partial charge in [0.1, 0.15) is 6.26 Å². The molecule has 1 N–H and O–H groups in total. The minimum Gasteiger partial charge on any atom is -0.469 e. The summed E-state index contributed by atoms with van der Waals surface area (Å²) in [5, 5.41) is 3.08. The Morgan fingerprint density at radius 2 is 1.60 bits per heavy atom. The van der Waals surface area contributed by atoms with Crippen LogP contribution >= 0.6 is 0 Å². The van der Waals surface area contributed by atoms with Crippen molar-refractivity contribution in [2.24, 2.45) is 0 Å². The van der Waals surface area contributed by atoms with Crippen LogP contribution in [0.25, 0.3) is 0 Å². The molecule has 0 saturated heterocycles. The van der Waals surface area contributed by atoms with E-state index in [9.17, 15) is 0 Å². The van der Waals surface area contributed by atoms with Crippen molar-refractivity contribution in [3.05, 3.63) is 24.3 Å². The zero-order valence-corrected chi connectivity index (χ0v) is 16.0. The van der Waals surface area contributed by atoms with Gasteiger partial charge in [-0.25, -0.2) is 0 Å². The Labute approximate surface area is 154 Å². The summed E-state index contributed by atoms with van der Waals surface area (Å²) in [4.78, 5) is 0. The lowest BCUT2D eigenvalue weighted by Gasteiger charge is -2.17. The molecule has 0 aliphatic carbocycles. The van der Waals surface area contributed by atoms with Crippen LogP contribution in [0.15, 0.2) is 24.3 Å². The number of unbranched alkanes of at least 4 members (excludes halogenated alkanes) is 11. The van der Waals surface area contributed by atoms with Gasteiger partial charge >= 0.3 is 0 Å². The maximum absolute atomic E-state index is 5.81. The van der Waals surface area contributed by atoms with Crippen molar-refractivity contribution in [1.82, 2.24) is 5.32 Å². The molecule has 0 saturated carbocycles. The van der Waals surface area contributed by atoms with E-state index in [4.69, 9.17) is 14.2 Å². The molecule has 2 unspecified atom stereocenters. The van der Waals surface area contributed by atoms with Gasteiger partial charge in [0.2, 0.25) is 12.5 Å². The monoisotopic (exact) mass is 351 g/mol. The van der Waals surface area contributed by atoms with Crippen molar-refractivity contribution in [3.8, 4) is 0 Å². The number of ether oxygens (including phenoxy) is 3. The van der Waals surface area contributed by atoms with Crippen molar-refractivity contribution in [2.45, 2.75) is 103 Å². The molecule has 2 aliphatic heterocycles. The van der Waals surface area contributed by atoms with Gasteiger partial charge in [0, 0.05) is 12.6 Å². The van der Waals surface area contributed by atoms with Gasteiger partial charge in [-0.2, -0.15) is 0 Å².